The summed E-state index contributed by atoms with van der Waals surface area (Å²) in [5.74, 6) is 1.67. The topological polar surface area (TPSA) is 59.9 Å². The van der Waals surface area contributed by atoms with E-state index in [0.717, 1.165) is 24.3 Å². The Kier molecular flexibility index (Phi) is 9.05. The van der Waals surface area contributed by atoms with Gasteiger partial charge in [0.05, 0.1) is 12.8 Å². The minimum atomic E-state index is -0.305. The molecule has 0 bridgehead atoms. The standard InChI is InChI=1S/C23H30N2O3/c1-4-5-6-15-27-21-11-7-19(8-12-21)16-24-25-23(26)17-28-22-13-9-20(10-14-22)18(2)3/h7-14,16,18H,4-6,15,17H2,1-3H3,(H,25,26)/b24-16+. The summed E-state index contributed by atoms with van der Waals surface area (Å²) in [4.78, 5) is 11.8. The van der Waals surface area contributed by atoms with E-state index in [4.69, 9.17) is 9.47 Å². The number of hydrogen-bond acceptors (Lipinski definition) is 4. The summed E-state index contributed by atoms with van der Waals surface area (Å²) in [6.45, 7) is 7.09. The van der Waals surface area contributed by atoms with Crippen molar-refractivity contribution in [2.24, 2.45) is 5.10 Å². The van der Waals surface area contributed by atoms with Crippen LogP contribution in [-0.2, 0) is 4.79 Å². The number of hydrazone groups is 1. The first-order valence-electron chi connectivity index (χ1n) is 9.86. The highest BCUT2D eigenvalue weighted by Crippen LogP contribution is 2.18. The molecule has 0 unspecified atom stereocenters. The van der Waals surface area contributed by atoms with E-state index >= 15 is 0 Å². The number of unbranched alkanes of at least 4 members (excludes halogenated alkanes) is 2. The molecule has 5 nitrogen and oxygen atoms in total. The fraction of sp³-hybridized carbons (Fsp3) is 0.391. The summed E-state index contributed by atoms with van der Waals surface area (Å²) in [5.41, 5.74) is 4.58. The molecule has 2 aromatic rings. The molecular weight excluding hydrogens is 352 g/mol. The highest BCUT2D eigenvalue weighted by atomic mass is 16.5. The monoisotopic (exact) mass is 382 g/mol. The lowest BCUT2D eigenvalue weighted by Crippen LogP contribution is -2.24. The number of carbonyl (C=O) groups excluding carboxylic acids is 1. The van der Waals surface area contributed by atoms with Crippen molar-refractivity contribution >= 4 is 12.1 Å². The SMILES string of the molecule is CCCCCOc1ccc(/C=N/NC(=O)COc2ccc(C(C)C)cc2)cc1. The molecule has 1 amide bonds. The smallest absolute Gasteiger partial charge is 0.277 e. The van der Waals surface area contributed by atoms with E-state index in [9.17, 15) is 4.79 Å². The van der Waals surface area contributed by atoms with E-state index in [2.05, 4.69) is 31.3 Å². The van der Waals surface area contributed by atoms with E-state index in [1.807, 2.05) is 48.5 Å². The molecule has 0 spiro atoms. The van der Waals surface area contributed by atoms with Crippen molar-refractivity contribution in [3.05, 3.63) is 59.7 Å². The van der Waals surface area contributed by atoms with Gasteiger partial charge in [-0.1, -0.05) is 45.7 Å². The molecule has 0 aromatic heterocycles. The number of ether oxygens (including phenoxy) is 2. The van der Waals surface area contributed by atoms with Crippen molar-refractivity contribution in [2.75, 3.05) is 13.2 Å². The van der Waals surface area contributed by atoms with Gasteiger partial charge in [-0.05, 0) is 59.9 Å². The van der Waals surface area contributed by atoms with E-state index < -0.39 is 0 Å². The predicted molar refractivity (Wildman–Crippen MR) is 113 cm³/mol. The lowest BCUT2D eigenvalue weighted by molar-refractivity contribution is -0.123. The Balaban J connectivity index is 1.70. The molecule has 0 saturated heterocycles. The zero-order valence-electron chi connectivity index (χ0n) is 17.0. The van der Waals surface area contributed by atoms with Gasteiger partial charge in [-0.2, -0.15) is 5.10 Å². The lowest BCUT2D eigenvalue weighted by atomic mass is 10.0. The molecule has 0 fully saturated rings. The van der Waals surface area contributed by atoms with Crippen molar-refractivity contribution in [3.8, 4) is 11.5 Å². The largest absolute Gasteiger partial charge is 0.494 e. The number of benzene rings is 2. The van der Waals surface area contributed by atoms with Crippen molar-refractivity contribution < 1.29 is 14.3 Å². The Morgan fingerprint density at radius 3 is 2.29 bits per heavy atom. The van der Waals surface area contributed by atoms with Crippen LogP contribution >= 0.6 is 0 Å². The minimum Gasteiger partial charge on any atom is -0.494 e. The zero-order chi connectivity index (χ0) is 20.2. The van der Waals surface area contributed by atoms with Crippen LogP contribution in [-0.4, -0.2) is 25.3 Å². The first-order valence-corrected chi connectivity index (χ1v) is 9.86. The van der Waals surface area contributed by atoms with Crippen LogP contribution in [0.25, 0.3) is 0 Å². The Bertz CT molecular complexity index is 737. The highest BCUT2D eigenvalue weighted by Gasteiger charge is 2.03. The Hall–Kier alpha value is -2.82. The zero-order valence-corrected chi connectivity index (χ0v) is 17.0. The third kappa shape index (κ3) is 7.82. The van der Waals surface area contributed by atoms with E-state index in [-0.39, 0.29) is 12.5 Å². The second-order valence-corrected chi connectivity index (χ2v) is 6.93. The maximum atomic E-state index is 11.8. The minimum absolute atomic E-state index is 0.0805. The predicted octanol–water partition coefficient (Wildman–Crippen LogP) is 4.91. The van der Waals surface area contributed by atoms with Crippen LogP contribution in [0.1, 0.15) is 57.1 Å². The van der Waals surface area contributed by atoms with Crippen LogP contribution in [0, 0.1) is 0 Å². The van der Waals surface area contributed by atoms with Crippen LogP contribution in [0.4, 0.5) is 0 Å². The van der Waals surface area contributed by atoms with Gasteiger partial charge in [-0.25, -0.2) is 5.43 Å². The Labute approximate surface area is 167 Å². The summed E-state index contributed by atoms with van der Waals surface area (Å²) < 4.78 is 11.1. The van der Waals surface area contributed by atoms with Crippen molar-refractivity contribution in [2.45, 2.75) is 46.0 Å². The number of hydrogen-bond donors (Lipinski definition) is 1. The average Bonchev–Trinajstić information content (AvgIpc) is 2.71. The molecule has 5 heteroatoms. The van der Waals surface area contributed by atoms with Gasteiger partial charge < -0.3 is 9.47 Å². The molecule has 0 saturated carbocycles. The number of carbonyl (C=O) groups is 1. The summed E-state index contributed by atoms with van der Waals surface area (Å²) in [5, 5.41) is 3.96. The number of nitrogens with zero attached hydrogens (tertiary/aromatic N) is 1. The normalized spacial score (nSPS) is 11.0. The van der Waals surface area contributed by atoms with Gasteiger partial charge in [0, 0.05) is 0 Å². The van der Waals surface area contributed by atoms with Gasteiger partial charge in [-0.15, -0.1) is 0 Å². The summed E-state index contributed by atoms with van der Waals surface area (Å²) in [6, 6.07) is 15.4. The third-order valence-corrected chi connectivity index (χ3v) is 4.22. The third-order valence-electron chi connectivity index (χ3n) is 4.22. The first kappa shape index (κ1) is 21.5. The summed E-state index contributed by atoms with van der Waals surface area (Å²) in [7, 11) is 0. The Morgan fingerprint density at radius 1 is 1.00 bits per heavy atom. The maximum absolute atomic E-state index is 11.8. The molecule has 2 aromatic carbocycles. The fourth-order valence-corrected chi connectivity index (χ4v) is 2.50. The molecule has 0 atom stereocenters. The molecule has 0 aliphatic rings. The second kappa shape index (κ2) is 11.8. The van der Waals surface area contributed by atoms with Gasteiger partial charge >= 0.3 is 0 Å². The highest BCUT2D eigenvalue weighted by molar-refractivity contribution is 5.83. The van der Waals surface area contributed by atoms with Crippen LogP contribution < -0.4 is 14.9 Å². The quantitative estimate of drug-likeness (QED) is 0.341. The second-order valence-electron chi connectivity index (χ2n) is 6.93. The first-order chi connectivity index (χ1) is 13.6. The van der Waals surface area contributed by atoms with Crippen molar-refractivity contribution in [1.29, 1.82) is 0 Å². The molecule has 0 aliphatic heterocycles. The van der Waals surface area contributed by atoms with E-state index in [0.29, 0.717) is 11.7 Å². The van der Waals surface area contributed by atoms with Gasteiger partial charge in [0.15, 0.2) is 6.61 Å². The number of amides is 1. The average molecular weight is 383 g/mol. The molecule has 28 heavy (non-hydrogen) atoms. The fourth-order valence-electron chi connectivity index (χ4n) is 2.50. The number of rotatable bonds is 11. The maximum Gasteiger partial charge on any atom is 0.277 e. The van der Waals surface area contributed by atoms with E-state index in [1.165, 1.54) is 18.4 Å². The molecular formula is C23H30N2O3. The van der Waals surface area contributed by atoms with Crippen LogP contribution in [0.2, 0.25) is 0 Å². The lowest BCUT2D eigenvalue weighted by Gasteiger charge is -2.08. The molecule has 2 rings (SSSR count). The summed E-state index contributed by atoms with van der Waals surface area (Å²) in [6.07, 6.45) is 5.02. The molecule has 1 N–H and O–H groups in total. The summed E-state index contributed by atoms with van der Waals surface area (Å²) >= 11 is 0. The van der Waals surface area contributed by atoms with Gasteiger partial charge in [0.2, 0.25) is 0 Å². The van der Waals surface area contributed by atoms with E-state index in [1.54, 1.807) is 6.21 Å². The Morgan fingerprint density at radius 2 is 1.64 bits per heavy atom. The van der Waals surface area contributed by atoms with Crippen molar-refractivity contribution in [3.63, 3.8) is 0 Å². The molecule has 0 radical (unpaired) electrons. The van der Waals surface area contributed by atoms with Crippen LogP contribution in [0.15, 0.2) is 53.6 Å². The molecule has 0 heterocycles. The van der Waals surface area contributed by atoms with Gasteiger partial charge in [-0.3, -0.25) is 4.79 Å². The number of nitrogens with one attached hydrogen (secondary N) is 1. The molecule has 150 valence electrons. The van der Waals surface area contributed by atoms with Crippen LogP contribution in [0.3, 0.4) is 0 Å². The van der Waals surface area contributed by atoms with Gasteiger partial charge in [0.1, 0.15) is 11.5 Å². The van der Waals surface area contributed by atoms with Crippen LogP contribution in [0.5, 0.6) is 11.5 Å². The van der Waals surface area contributed by atoms with Crippen molar-refractivity contribution in [1.82, 2.24) is 5.43 Å². The van der Waals surface area contributed by atoms with Gasteiger partial charge in [0.25, 0.3) is 5.91 Å². The molecule has 0 aliphatic carbocycles.